The van der Waals surface area contributed by atoms with Crippen LogP contribution >= 0.6 is 12.4 Å². The van der Waals surface area contributed by atoms with Gasteiger partial charge in [-0.1, -0.05) is 19.3 Å². The summed E-state index contributed by atoms with van der Waals surface area (Å²) in [5.41, 5.74) is 5.74. The molecule has 0 unspecified atom stereocenters. The van der Waals surface area contributed by atoms with Crippen molar-refractivity contribution in [2.45, 2.75) is 51.4 Å². The molecule has 1 rings (SSSR count). The maximum atomic E-state index is 11.8. The molecule has 1 aliphatic carbocycles. The Morgan fingerprint density at radius 3 is 2.38 bits per heavy atom. The Morgan fingerprint density at radius 1 is 1.19 bits per heavy atom. The van der Waals surface area contributed by atoms with Crippen molar-refractivity contribution in [3.05, 3.63) is 10.1 Å². The monoisotopic (exact) mass is 324 g/mol. The van der Waals surface area contributed by atoms with Gasteiger partial charge in [0.05, 0.1) is 19.6 Å². The Morgan fingerprint density at radius 2 is 1.81 bits per heavy atom. The van der Waals surface area contributed by atoms with Crippen LogP contribution in [0.5, 0.6) is 0 Å². The van der Waals surface area contributed by atoms with E-state index in [0.29, 0.717) is 25.8 Å². The van der Waals surface area contributed by atoms with Crippen LogP contribution in [0.25, 0.3) is 0 Å². The number of carbonyl (C=O) groups excluding carboxylic acids is 1. The van der Waals surface area contributed by atoms with Crippen LogP contribution in [0, 0.1) is 15.5 Å². The van der Waals surface area contributed by atoms with Gasteiger partial charge in [0.1, 0.15) is 0 Å². The number of unbranched alkanes of at least 4 members (excludes halogenated alkanes) is 1. The molecule has 0 atom stereocenters. The summed E-state index contributed by atoms with van der Waals surface area (Å²) in [6.07, 6.45) is 6.91. The summed E-state index contributed by atoms with van der Waals surface area (Å²) in [7, 11) is 0. The molecule has 0 aromatic carbocycles. The molecule has 0 aromatic heterocycles. The lowest BCUT2D eigenvalue weighted by atomic mass is 9.72. The molecule has 8 heteroatoms. The van der Waals surface area contributed by atoms with Gasteiger partial charge in [-0.25, -0.2) is 0 Å². The lowest BCUT2D eigenvalue weighted by Crippen LogP contribution is -2.35. The molecule has 0 radical (unpaired) electrons. The third-order valence-corrected chi connectivity index (χ3v) is 3.86. The molecule has 1 saturated carbocycles. The Kier molecular flexibility index (Phi) is 10.1. The number of nitrogens with zero attached hydrogens (tertiary/aromatic N) is 1. The number of rotatable bonds is 9. The minimum absolute atomic E-state index is 0. The number of nitrogens with two attached hydrogens (primary N) is 1. The Hall–Kier alpha value is -1.08. The van der Waals surface area contributed by atoms with E-state index in [2.05, 4.69) is 4.84 Å². The molecule has 21 heavy (non-hydrogen) atoms. The number of ether oxygens (including phenoxy) is 1. The van der Waals surface area contributed by atoms with Crippen molar-refractivity contribution in [3.63, 3.8) is 0 Å². The summed E-state index contributed by atoms with van der Waals surface area (Å²) in [5.74, 6) is -0.215. The smallest absolute Gasteiger partial charge is 0.306 e. The Bertz CT molecular complexity index is 322. The minimum atomic E-state index is -0.819. The van der Waals surface area contributed by atoms with Gasteiger partial charge in [0.2, 0.25) is 0 Å². The largest absolute Gasteiger partial charge is 0.466 e. The molecule has 0 bridgehead atoms. The maximum absolute atomic E-state index is 11.8. The van der Waals surface area contributed by atoms with Crippen molar-refractivity contribution in [2.24, 2.45) is 11.1 Å². The molecule has 0 aliphatic heterocycles. The van der Waals surface area contributed by atoms with E-state index in [1.807, 2.05) is 0 Å². The summed E-state index contributed by atoms with van der Waals surface area (Å²) in [4.78, 5) is 25.9. The zero-order valence-corrected chi connectivity index (χ0v) is 13.1. The van der Waals surface area contributed by atoms with E-state index in [-0.39, 0.29) is 37.0 Å². The molecule has 0 aromatic rings. The fourth-order valence-corrected chi connectivity index (χ4v) is 2.64. The summed E-state index contributed by atoms with van der Waals surface area (Å²) in [5, 5.41) is 9.10. The van der Waals surface area contributed by atoms with E-state index in [0.717, 1.165) is 25.7 Å². The van der Waals surface area contributed by atoms with Gasteiger partial charge in [-0.15, -0.1) is 22.5 Å². The zero-order chi connectivity index (χ0) is 14.8. The van der Waals surface area contributed by atoms with Gasteiger partial charge >= 0.3 is 5.97 Å². The third-order valence-electron chi connectivity index (χ3n) is 3.86. The highest BCUT2D eigenvalue weighted by Gasteiger charge is 2.33. The fourth-order valence-electron chi connectivity index (χ4n) is 2.64. The Labute approximate surface area is 131 Å². The van der Waals surface area contributed by atoms with E-state index < -0.39 is 5.09 Å². The van der Waals surface area contributed by atoms with Gasteiger partial charge in [-0.3, -0.25) is 4.79 Å². The van der Waals surface area contributed by atoms with Crippen LogP contribution in [0.1, 0.15) is 51.4 Å². The van der Waals surface area contributed by atoms with Crippen molar-refractivity contribution >= 4 is 18.4 Å². The molecule has 2 N–H and O–H groups in total. The first-order valence-electron chi connectivity index (χ1n) is 7.21. The topological polar surface area (TPSA) is 105 Å². The molecule has 0 amide bonds. The summed E-state index contributed by atoms with van der Waals surface area (Å²) in [6, 6.07) is 0. The van der Waals surface area contributed by atoms with Crippen LogP contribution in [-0.2, 0) is 14.4 Å². The first-order valence-corrected chi connectivity index (χ1v) is 7.21. The highest BCUT2D eigenvalue weighted by molar-refractivity contribution is 5.85. The van der Waals surface area contributed by atoms with Crippen molar-refractivity contribution < 1.29 is 19.5 Å². The van der Waals surface area contributed by atoms with Gasteiger partial charge in [-0.2, -0.15) is 0 Å². The first kappa shape index (κ1) is 19.9. The van der Waals surface area contributed by atoms with Crippen LogP contribution in [0.4, 0.5) is 0 Å². The SMILES string of the molecule is Cl.NCC1(CC(=O)OCCCCO[N+](=O)[O-])CCCCC1. The molecule has 1 fully saturated rings. The number of hydrogen-bond acceptors (Lipinski definition) is 6. The van der Waals surface area contributed by atoms with E-state index in [9.17, 15) is 14.9 Å². The van der Waals surface area contributed by atoms with Crippen LogP contribution in [-0.4, -0.2) is 30.8 Å². The second kappa shape index (κ2) is 10.6. The lowest BCUT2D eigenvalue weighted by Gasteiger charge is -2.35. The fraction of sp³-hybridized carbons (Fsp3) is 0.923. The van der Waals surface area contributed by atoms with Gasteiger partial charge in [0.25, 0.3) is 5.09 Å². The summed E-state index contributed by atoms with van der Waals surface area (Å²) >= 11 is 0. The van der Waals surface area contributed by atoms with Crippen molar-refractivity contribution in [3.8, 4) is 0 Å². The van der Waals surface area contributed by atoms with E-state index in [1.54, 1.807) is 0 Å². The quantitative estimate of drug-likeness (QED) is 0.302. The second-order valence-corrected chi connectivity index (χ2v) is 5.43. The number of esters is 1. The van der Waals surface area contributed by atoms with Crippen LogP contribution in [0.2, 0.25) is 0 Å². The van der Waals surface area contributed by atoms with Crippen LogP contribution in [0.3, 0.4) is 0 Å². The molecule has 0 spiro atoms. The zero-order valence-electron chi connectivity index (χ0n) is 12.3. The standard InChI is InChI=1S/C13H24N2O5.ClH/c14-11-13(6-2-1-3-7-13)10-12(16)19-8-4-5-9-20-15(17)18;/h1-11,14H2;1H. The molecule has 0 heterocycles. The summed E-state index contributed by atoms with van der Waals surface area (Å²) in [6.45, 7) is 0.844. The predicted octanol–water partition coefficient (Wildman–Crippen LogP) is 2.24. The van der Waals surface area contributed by atoms with Gasteiger partial charge < -0.3 is 15.3 Å². The van der Waals surface area contributed by atoms with E-state index in [1.165, 1.54) is 6.42 Å². The van der Waals surface area contributed by atoms with Crippen molar-refractivity contribution in [1.29, 1.82) is 0 Å². The van der Waals surface area contributed by atoms with Crippen molar-refractivity contribution in [1.82, 2.24) is 0 Å². The molecule has 0 saturated heterocycles. The average Bonchev–Trinajstić information content (AvgIpc) is 2.43. The summed E-state index contributed by atoms with van der Waals surface area (Å²) < 4.78 is 5.16. The van der Waals surface area contributed by atoms with E-state index in [4.69, 9.17) is 10.5 Å². The van der Waals surface area contributed by atoms with E-state index >= 15 is 0 Å². The third kappa shape index (κ3) is 8.06. The second-order valence-electron chi connectivity index (χ2n) is 5.43. The number of halogens is 1. The molecular formula is C13H25ClN2O5. The minimum Gasteiger partial charge on any atom is -0.466 e. The molecule has 1 aliphatic rings. The number of hydrogen-bond donors (Lipinski definition) is 1. The van der Waals surface area contributed by atoms with Crippen LogP contribution in [0.15, 0.2) is 0 Å². The normalized spacial score (nSPS) is 16.6. The molecule has 7 nitrogen and oxygen atoms in total. The van der Waals surface area contributed by atoms with Gasteiger partial charge in [0, 0.05) is 0 Å². The van der Waals surface area contributed by atoms with Crippen LogP contribution < -0.4 is 5.73 Å². The highest BCUT2D eigenvalue weighted by atomic mass is 35.5. The van der Waals surface area contributed by atoms with Gasteiger partial charge in [-0.05, 0) is 37.6 Å². The maximum Gasteiger partial charge on any atom is 0.306 e. The predicted molar refractivity (Wildman–Crippen MR) is 79.6 cm³/mol. The van der Waals surface area contributed by atoms with Gasteiger partial charge in [0.15, 0.2) is 0 Å². The van der Waals surface area contributed by atoms with Crippen molar-refractivity contribution in [2.75, 3.05) is 19.8 Å². The lowest BCUT2D eigenvalue weighted by molar-refractivity contribution is -0.757. The molecule has 124 valence electrons. The highest BCUT2D eigenvalue weighted by Crippen LogP contribution is 2.38. The average molecular weight is 325 g/mol. The Balaban J connectivity index is 0.00000400. The number of carbonyl (C=O) groups is 1. The first-order chi connectivity index (χ1) is 9.58. The molecular weight excluding hydrogens is 300 g/mol.